The molecule has 1 unspecified atom stereocenters. The molecule has 1 saturated heterocycles. The van der Waals surface area contributed by atoms with Crippen molar-refractivity contribution in [2.24, 2.45) is 5.73 Å². The predicted molar refractivity (Wildman–Crippen MR) is 77.4 cm³/mol. The van der Waals surface area contributed by atoms with Gasteiger partial charge in [0.25, 0.3) is 0 Å². The molecule has 0 amide bonds. The van der Waals surface area contributed by atoms with Crippen LogP contribution in [0.2, 0.25) is 0 Å². The monoisotopic (exact) mass is 311 g/mol. The largest absolute Gasteiger partial charge is 0.384 e. The zero-order valence-electron chi connectivity index (χ0n) is 10.4. The van der Waals surface area contributed by atoms with E-state index in [4.69, 9.17) is 15.9 Å². The first-order valence-electron chi connectivity index (χ1n) is 6.08. The second-order valence-electron chi connectivity index (χ2n) is 4.56. The van der Waals surface area contributed by atoms with Crippen LogP contribution in [-0.4, -0.2) is 31.6 Å². The molecule has 0 saturated carbocycles. The van der Waals surface area contributed by atoms with Crippen molar-refractivity contribution < 1.29 is 4.74 Å². The third-order valence-electron chi connectivity index (χ3n) is 3.04. The average molecular weight is 312 g/mol. The molecule has 1 fully saturated rings. The van der Waals surface area contributed by atoms with E-state index in [0.717, 1.165) is 41.8 Å². The lowest BCUT2D eigenvalue weighted by molar-refractivity contribution is 0.0821. The maximum Gasteiger partial charge on any atom is 0.124 e. The molecule has 1 aromatic rings. The van der Waals surface area contributed by atoms with E-state index < -0.39 is 0 Å². The molecular weight excluding hydrogens is 294 g/mol. The van der Waals surface area contributed by atoms with Gasteiger partial charge in [-0.1, -0.05) is 15.9 Å². The first-order chi connectivity index (χ1) is 8.58. The summed E-state index contributed by atoms with van der Waals surface area (Å²) in [5.74, 6) is 0.107. The molecule has 98 valence electrons. The summed E-state index contributed by atoms with van der Waals surface area (Å²) in [6.45, 7) is 4.63. The topological polar surface area (TPSA) is 62.3 Å². The summed E-state index contributed by atoms with van der Waals surface area (Å²) in [5.41, 5.74) is 7.45. The lowest BCUT2D eigenvalue weighted by Crippen LogP contribution is -2.32. The van der Waals surface area contributed by atoms with Crippen molar-refractivity contribution in [2.75, 3.05) is 24.6 Å². The van der Waals surface area contributed by atoms with E-state index in [1.54, 1.807) is 0 Å². The Morgan fingerprint density at radius 2 is 2.33 bits per heavy atom. The van der Waals surface area contributed by atoms with Gasteiger partial charge in [-0.2, -0.15) is 0 Å². The van der Waals surface area contributed by atoms with Gasteiger partial charge in [0.15, 0.2) is 0 Å². The Kier molecular flexibility index (Phi) is 4.24. The van der Waals surface area contributed by atoms with Crippen LogP contribution in [0.3, 0.4) is 0 Å². The Morgan fingerprint density at radius 1 is 1.56 bits per heavy atom. The first-order valence-corrected chi connectivity index (χ1v) is 6.87. The Hall–Kier alpha value is -1.07. The van der Waals surface area contributed by atoms with E-state index in [0.29, 0.717) is 0 Å². The fourth-order valence-electron chi connectivity index (χ4n) is 2.21. The van der Waals surface area contributed by atoms with Gasteiger partial charge in [0.2, 0.25) is 0 Å². The van der Waals surface area contributed by atoms with Crippen LogP contribution in [-0.2, 0) is 4.74 Å². The number of halogens is 1. The number of nitrogens with zero attached hydrogens (tertiary/aromatic N) is 1. The molecule has 0 aromatic heterocycles. The first kappa shape index (κ1) is 13.4. The van der Waals surface area contributed by atoms with E-state index in [1.807, 2.05) is 18.2 Å². The average Bonchev–Trinajstić information content (AvgIpc) is 2.53. The second kappa shape index (κ2) is 5.71. The number of hydrogen-bond donors (Lipinski definition) is 2. The Labute approximate surface area is 116 Å². The minimum absolute atomic E-state index is 0.107. The van der Waals surface area contributed by atoms with Gasteiger partial charge in [-0.05, 0) is 31.5 Å². The zero-order chi connectivity index (χ0) is 13.1. The van der Waals surface area contributed by atoms with Crippen LogP contribution in [0.1, 0.15) is 18.9 Å². The number of nitrogens with one attached hydrogen (secondary N) is 1. The summed E-state index contributed by atoms with van der Waals surface area (Å²) < 4.78 is 6.65. The van der Waals surface area contributed by atoms with Gasteiger partial charge in [-0.3, -0.25) is 5.41 Å². The Morgan fingerprint density at radius 3 is 3.06 bits per heavy atom. The van der Waals surface area contributed by atoms with Crippen molar-refractivity contribution in [3.05, 3.63) is 28.2 Å². The van der Waals surface area contributed by atoms with Crippen LogP contribution in [0.4, 0.5) is 5.69 Å². The maximum absolute atomic E-state index is 7.67. The maximum atomic E-state index is 7.67. The van der Waals surface area contributed by atoms with Crippen molar-refractivity contribution in [2.45, 2.75) is 19.4 Å². The molecule has 0 radical (unpaired) electrons. The lowest BCUT2D eigenvalue weighted by atomic mass is 10.1. The summed E-state index contributed by atoms with van der Waals surface area (Å²) in [7, 11) is 0. The molecule has 3 N–H and O–H groups in total. The second-order valence-corrected chi connectivity index (χ2v) is 5.47. The summed E-state index contributed by atoms with van der Waals surface area (Å²) in [4.78, 5) is 2.25. The minimum atomic E-state index is 0.107. The number of rotatable bonds is 2. The van der Waals surface area contributed by atoms with Gasteiger partial charge in [-0.25, -0.2) is 0 Å². The van der Waals surface area contributed by atoms with Crippen molar-refractivity contribution in [3.63, 3.8) is 0 Å². The van der Waals surface area contributed by atoms with Gasteiger partial charge in [-0.15, -0.1) is 0 Å². The van der Waals surface area contributed by atoms with Crippen LogP contribution < -0.4 is 10.6 Å². The number of ether oxygens (including phenoxy) is 1. The van der Waals surface area contributed by atoms with Crippen LogP contribution in [0, 0.1) is 5.41 Å². The van der Waals surface area contributed by atoms with Crippen molar-refractivity contribution in [1.29, 1.82) is 5.41 Å². The van der Waals surface area contributed by atoms with Crippen molar-refractivity contribution in [3.8, 4) is 0 Å². The highest BCUT2D eigenvalue weighted by molar-refractivity contribution is 9.10. The van der Waals surface area contributed by atoms with Crippen LogP contribution >= 0.6 is 15.9 Å². The molecule has 18 heavy (non-hydrogen) atoms. The quantitative estimate of drug-likeness (QED) is 0.651. The third-order valence-corrected chi connectivity index (χ3v) is 3.54. The molecule has 0 bridgehead atoms. The lowest BCUT2D eigenvalue weighted by Gasteiger charge is -2.26. The smallest absolute Gasteiger partial charge is 0.124 e. The molecule has 1 aliphatic heterocycles. The number of benzene rings is 1. The van der Waals surface area contributed by atoms with Gasteiger partial charge >= 0.3 is 0 Å². The predicted octanol–water partition coefficient (Wildman–Crippen LogP) is 2.35. The molecule has 2 rings (SSSR count). The molecule has 0 aliphatic carbocycles. The standard InChI is InChI=1S/C13H18BrN3O/c1-9-8-17(5-2-6-18-9)12-7-10(14)3-4-11(12)13(15)16/h3-4,7,9H,2,5-6,8H2,1H3,(H3,15,16). The SMILES string of the molecule is CC1CN(c2cc(Br)ccc2C(=N)N)CCCO1. The normalized spacial score (nSPS) is 20.6. The molecule has 1 heterocycles. The highest BCUT2D eigenvalue weighted by Gasteiger charge is 2.19. The fourth-order valence-corrected chi connectivity index (χ4v) is 2.56. The molecular formula is C13H18BrN3O. The van der Waals surface area contributed by atoms with Crippen LogP contribution in [0.5, 0.6) is 0 Å². The fraction of sp³-hybridized carbons (Fsp3) is 0.462. The van der Waals surface area contributed by atoms with Crippen LogP contribution in [0.25, 0.3) is 0 Å². The zero-order valence-corrected chi connectivity index (χ0v) is 12.0. The number of nitrogen functional groups attached to an aromatic ring is 1. The summed E-state index contributed by atoms with van der Waals surface area (Å²) in [6, 6.07) is 5.82. The number of anilines is 1. The number of nitrogens with two attached hydrogens (primary N) is 1. The number of amidine groups is 1. The van der Waals surface area contributed by atoms with Gasteiger partial charge in [0, 0.05) is 35.4 Å². The molecule has 0 spiro atoms. The van der Waals surface area contributed by atoms with E-state index in [1.165, 1.54) is 0 Å². The van der Waals surface area contributed by atoms with Crippen molar-refractivity contribution >= 4 is 27.5 Å². The van der Waals surface area contributed by atoms with E-state index in [9.17, 15) is 0 Å². The summed E-state index contributed by atoms with van der Waals surface area (Å²) in [6.07, 6.45) is 1.19. The molecule has 1 aromatic carbocycles. The summed E-state index contributed by atoms with van der Waals surface area (Å²) >= 11 is 3.48. The minimum Gasteiger partial charge on any atom is -0.384 e. The Balaban J connectivity index is 2.35. The van der Waals surface area contributed by atoms with Gasteiger partial charge in [0.1, 0.15) is 5.84 Å². The van der Waals surface area contributed by atoms with E-state index >= 15 is 0 Å². The Bertz CT molecular complexity index is 450. The third kappa shape index (κ3) is 3.03. The number of hydrogen-bond acceptors (Lipinski definition) is 3. The van der Waals surface area contributed by atoms with Crippen molar-refractivity contribution in [1.82, 2.24) is 0 Å². The highest BCUT2D eigenvalue weighted by atomic mass is 79.9. The molecule has 1 atom stereocenters. The van der Waals surface area contributed by atoms with Crippen LogP contribution in [0.15, 0.2) is 22.7 Å². The highest BCUT2D eigenvalue weighted by Crippen LogP contribution is 2.26. The van der Waals surface area contributed by atoms with Gasteiger partial charge in [0.05, 0.1) is 6.10 Å². The molecule has 1 aliphatic rings. The molecule has 5 heteroatoms. The molecule has 4 nitrogen and oxygen atoms in total. The summed E-state index contributed by atoms with van der Waals surface area (Å²) in [5, 5.41) is 7.67. The van der Waals surface area contributed by atoms with E-state index in [-0.39, 0.29) is 11.9 Å². The van der Waals surface area contributed by atoms with Gasteiger partial charge < -0.3 is 15.4 Å². The van der Waals surface area contributed by atoms with E-state index in [2.05, 4.69) is 27.8 Å².